The second-order valence-corrected chi connectivity index (χ2v) is 7.25. The van der Waals surface area contributed by atoms with Gasteiger partial charge in [0.15, 0.2) is 5.96 Å². The van der Waals surface area contributed by atoms with E-state index >= 15 is 0 Å². The van der Waals surface area contributed by atoms with Crippen LogP contribution in [0.15, 0.2) is 29.3 Å². The van der Waals surface area contributed by atoms with Gasteiger partial charge in [0, 0.05) is 57.0 Å². The molecule has 1 aliphatic rings. The molecule has 8 nitrogen and oxygen atoms in total. The van der Waals surface area contributed by atoms with E-state index in [1.165, 1.54) is 0 Å². The Morgan fingerprint density at radius 3 is 2.66 bits per heavy atom. The molecule has 3 N–H and O–H groups in total. The third-order valence-electron chi connectivity index (χ3n) is 4.68. The summed E-state index contributed by atoms with van der Waals surface area (Å²) in [6, 6.07) is 7.26. The molecule has 1 amide bonds. The Hall–Kier alpha value is -1.87. The minimum atomic E-state index is -0.755. The Morgan fingerprint density at radius 1 is 1.28 bits per heavy atom. The number of aliphatic imine (C=N–C) groups is 1. The molecule has 9 heteroatoms. The topological polar surface area (TPSA) is 89.4 Å². The molecule has 1 aromatic rings. The lowest BCUT2D eigenvalue weighted by Crippen LogP contribution is -2.54. The summed E-state index contributed by atoms with van der Waals surface area (Å²) in [6.45, 7) is 7.49. The van der Waals surface area contributed by atoms with Crippen LogP contribution in [0.3, 0.4) is 0 Å². The van der Waals surface area contributed by atoms with E-state index in [0.717, 1.165) is 38.7 Å². The molecule has 1 atom stereocenters. The van der Waals surface area contributed by atoms with Crippen molar-refractivity contribution in [2.75, 3.05) is 66.1 Å². The van der Waals surface area contributed by atoms with Crippen LogP contribution in [0.1, 0.15) is 18.6 Å². The molecule has 29 heavy (non-hydrogen) atoms. The smallest absolute Gasteiger partial charge is 0.234 e. The van der Waals surface area contributed by atoms with Crippen molar-refractivity contribution in [3.8, 4) is 0 Å². The van der Waals surface area contributed by atoms with E-state index < -0.39 is 6.10 Å². The van der Waals surface area contributed by atoms with Crippen molar-refractivity contribution in [3.63, 3.8) is 0 Å². The van der Waals surface area contributed by atoms with Crippen molar-refractivity contribution >= 4 is 23.5 Å². The largest absolute Gasteiger partial charge is 0.386 e. The second-order valence-electron chi connectivity index (χ2n) is 6.84. The van der Waals surface area contributed by atoms with E-state index in [0.29, 0.717) is 30.3 Å². The monoisotopic (exact) mass is 425 g/mol. The second kappa shape index (κ2) is 12.6. The van der Waals surface area contributed by atoms with Crippen LogP contribution in [-0.2, 0) is 9.53 Å². The summed E-state index contributed by atoms with van der Waals surface area (Å²) < 4.78 is 4.94. The Bertz CT molecular complexity index is 665. The molecule has 0 spiro atoms. The van der Waals surface area contributed by atoms with E-state index in [2.05, 4.69) is 25.4 Å². The number of nitrogens with one attached hydrogen (secondary N) is 2. The van der Waals surface area contributed by atoms with Gasteiger partial charge in [0.1, 0.15) is 6.10 Å². The summed E-state index contributed by atoms with van der Waals surface area (Å²) in [5.41, 5.74) is 0.679. The van der Waals surface area contributed by atoms with Crippen LogP contribution in [-0.4, -0.2) is 92.8 Å². The quantitative estimate of drug-likeness (QED) is 0.307. The summed E-state index contributed by atoms with van der Waals surface area (Å²) in [7, 11) is 1.61. The molecule has 2 rings (SSSR count). The number of nitrogens with zero attached hydrogens (tertiary/aromatic N) is 3. The van der Waals surface area contributed by atoms with Gasteiger partial charge < -0.3 is 25.4 Å². The number of guanidine groups is 1. The molecule has 0 aromatic heterocycles. The highest BCUT2D eigenvalue weighted by atomic mass is 35.5. The van der Waals surface area contributed by atoms with E-state index in [1.54, 1.807) is 13.2 Å². The van der Waals surface area contributed by atoms with E-state index in [4.69, 9.17) is 16.3 Å². The Balaban J connectivity index is 1.86. The molecule has 1 saturated heterocycles. The number of aliphatic hydroxyl groups is 1. The minimum absolute atomic E-state index is 0.0129. The number of benzene rings is 1. The van der Waals surface area contributed by atoms with Gasteiger partial charge in [-0.05, 0) is 13.0 Å². The number of hydrogen-bond acceptors (Lipinski definition) is 5. The number of amides is 1. The SMILES string of the molecule is CCNC(=NCC(O)c1ccccc1Cl)N1CCN(CC(=O)NCCOC)CC1. The zero-order chi connectivity index (χ0) is 21.1. The summed E-state index contributed by atoms with van der Waals surface area (Å²) in [5.74, 6) is 0.779. The highest BCUT2D eigenvalue weighted by molar-refractivity contribution is 6.31. The molecule has 162 valence electrons. The number of carbonyl (C=O) groups excluding carboxylic acids is 1. The normalized spacial score (nSPS) is 16.6. The third kappa shape index (κ3) is 7.81. The van der Waals surface area contributed by atoms with Crippen molar-refractivity contribution in [1.29, 1.82) is 0 Å². The first-order chi connectivity index (χ1) is 14.0. The summed E-state index contributed by atoms with van der Waals surface area (Å²) in [5, 5.41) is 17.1. The Kier molecular flexibility index (Phi) is 10.2. The number of carbonyl (C=O) groups is 1. The first-order valence-electron chi connectivity index (χ1n) is 9.98. The highest BCUT2D eigenvalue weighted by Crippen LogP contribution is 2.22. The van der Waals surface area contributed by atoms with E-state index in [-0.39, 0.29) is 12.5 Å². The van der Waals surface area contributed by atoms with Crippen molar-refractivity contribution < 1.29 is 14.6 Å². The molecular weight excluding hydrogens is 394 g/mol. The molecular formula is C20H32ClN5O3. The fourth-order valence-corrected chi connectivity index (χ4v) is 3.37. The van der Waals surface area contributed by atoms with Gasteiger partial charge in [-0.1, -0.05) is 29.8 Å². The van der Waals surface area contributed by atoms with Crippen LogP contribution < -0.4 is 10.6 Å². The van der Waals surface area contributed by atoms with Gasteiger partial charge >= 0.3 is 0 Å². The maximum atomic E-state index is 11.9. The van der Waals surface area contributed by atoms with Crippen LogP contribution in [0.25, 0.3) is 0 Å². The van der Waals surface area contributed by atoms with Crippen molar-refractivity contribution in [3.05, 3.63) is 34.9 Å². The van der Waals surface area contributed by atoms with Crippen LogP contribution in [0, 0.1) is 0 Å². The lowest BCUT2D eigenvalue weighted by atomic mass is 10.1. The molecule has 0 saturated carbocycles. The predicted octanol–water partition coefficient (Wildman–Crippen LogP) is 0.719. The molecule has 1 heterocycles. The Morgan fingerprint density at radius 2 is 2.00 bits per heavy atom. The van der Waals surface area contributed by atoms with Gasteiger partial charge in [0.05, 0.1) is 19.7 Å². The number of methoxy groups -OCH3 is 1. The standard InChI is InChI=1S/C20H32ClN5O3/c1-3-22-20(24-14-18(27)16-6-4-5-7-17(16)21)26-11-9-25(10-12-26)15-19(28)23-8-13-29-2/h4-7,18,27H,3,8-15H2,1-2H3,(H,22,24)(H,23,28). The van der Waals surface area contributed by atoms with Crippen LogP contribution in [0.5, 0.6) is 0 Å². The van der Waals surface area contributed by atoms with Crippen molar-refractivity contribution in [2.24, 2.45) is 4.99 Å². The summed E-state index contributed by atoms with van der Waals surface area (Å²) in [4.78, 5) is 20.8. The minimum Gasteiger partial charge on any atom is -0.386 e. The third-order valence-corrected chi connectivity index (χ3v) is 5.02. The van der Waals surface area contributed by atoms with Gasteiger partial charge in [-0.25, -0.2) is 0 Å². The molecule has 1 fully saturated rings. The fourth-order valence-electron chi connectivity index (χ4n) is 3.11. The molecule has 0 bridgehead atoms. The van der Waals surface area contributed by atoms with E-state index in [9.17, 15) is 9.90 Å². The van der Waals surface area contributed by atoms with Crippen molar-refractivity contribution in [1.82, 2.24) is 20.4 Å². The predicted molar refractivity (Wildman–Crippen MR) is 115 cm³/mol. The first-order valence-corrected chi connectivity index (χ1v) is 10.4. The fraction of sp³-hybridized carbons (Fsp3) is 0.600. The van der Waals surface area contributed by atoms with Gasteiger partial charge in [0.25, 0.3) is 0 Å². The van der Waals surface area contributed by atoms with Crippen molar-refractivity contribution in [2.45, 2.75) is 13.0 Å². The average molecular weight is 426 g/mol. The van der Waals surface area contributed by atoms with Gasteiger partial charge in [-0.3, -0.25) is 14.7 Å². The zero-order valence-electron chi connectivity index (χ0n) is 17.2. The molecule has 1 unspecified atom stereocenters. The lowest BCUT2D eigenvalue weighted by molar-refractivity contribution is -0.122. The van der Waals surface area contributed by atoms with Gasteiger partial charge in [-0.15, -0.1) is 0 Å². The first kappa shape index (κ1) is 23.4. The highest BCUT2D eigenvalue weighted by Gasteiger charge is 2.21. The Labute approximate surface area is 177 Å². The average Bonchev–Trinajstić information content (AvgIpc) is 2.72. The van der Waals surface area contributed by atoms with Crippen LogP contribution in [0.2, 0.25) is 5.02 Å². The zero-order valence-corrected chi connectivity index (χ0v) is 18.0. The summed E-state index contributed by atoms with van der Waals surface area (Å²) in [6.07, 6.45) is -0.755. The number of ether oxygens (including phenoxy) is 1. The number of piperazine rings is 1. The maximum absolute atomic E-state index is 11.9. The molecule has 0 aliphatic carbocycles. The number of halogens is 1. The van der Waals surface area contributed by atoms with Gasteiger partial charge in [0.2, 0.25) is 5.91 Å². The molecule has 1 aromatic carbocycles. The van der Waals surface area contributed by atoms with Crippen LogP contribution >= 0.6 is 11.6 Å². The maximum Gasteiger partial charge on any atom is 0.234 e. The van der Waals surface area contributed by atoms with E-state index in [1.807, 2.05) is 25.1 Å². The molecule has 0 radical (unpaired) electrons. The number of aliphatic hydroxyl groups excluding tert-OH is 1. The summed E-state index contributed by atoms with van der Waals surface area (Å²) >= 11 is 6.16. The molecule has 1 aliphatic heterocycles. The van der Waals surface area contributed by atoms with Gasteiger partial charge in [-0.2, -0.15) is 0 Å². The number of rotatable bonds is 9. The number of hydrogen-bond donors (Lipinski definition) is 3. The van der Waals surface area contributed by atoms with Crippen LogP contribution in [0.4, 0.5) is 0 Å². The lowest BCUT2D eigenvalue weighted by Gasteiger charge is -2.36.